The highest BCUT2D eigenvalue weighted by Gasteiger charge is 2.19. The zero-order valence-electron chi connectivity index (χ0n) is 17.8. The molecular weight excluding hydrogens is 420 g/mol. The maximum absolute atomic E-state index is 13.0. The van der Waals surface area contributed by atoms with Gasteiger partial charge in [-0.2, -0.15) is 5.10 Å². The predicted octanol–water partition coefficient (Wildman–Crippen LogP) is 2.82. The summed E-state index contributed by atoms with van der Waals surface area (Å²) < 4.78 is 8.13. The van der Waals surface area contributed by atoms with Crippen LogP contribution in [0, 0.1) is 0 Å². The Morgan fingerprint density at radius 2 is 1.73 bits per heavy atom. The van der Waals surface area contributed by atoms with Crippen LogP contribution in [0.3, 0.4) is 0 Å². The number of pyridine rings is 1. The van der Waals surface area contributed by atoms with E-state index in [-0.39, 0.29) is 12.1 Å². The van der Waals surface area contributed by atoms with Crippen molar-refractivity contribution >= 4 is 22.6 Å². The van der Waals surface area contributed by atoms with Crippen LogP contribution < -0.4 is 15.7 Å². The van der Waals surface area contributed by atoms with E-state index < -0.39 is 11.5 Å². The van der Waals surface area contributed by atoms with E-state index in [0.717, 1.165) is 21.5 Å². The molecule has 0 bridgehead atoms. The van der Waals surface area contributed by atoms with Crippen molar-refractivity contribution in [1.29, 1.82) is 0 Å². The van der Waals surface area contributed by atoms with E-state index in [9.17, 15) is 9.59 Å². The van der Waals surface area contributed by atoms with Crippen molar-refractivity contribution in [3.8, 4) is 16.9 Å². The van der Waals surface area contributed by atoms with E-state index in [1.807, 2.05) is 55.5 Å². The molecule has 0 aliphatic carbocycles. The summed E-state index contributed by atoms with van der Waals surface area (Å²) in [5.74, 6) is 0.0828. The fourth-order valence-electron chi connectivity index (χ4n) is 3.66. The molecule has 0 saturated carbocycles. The Bertz CT molecular complexity index is 1510. The lowest BCUT2D eigenvalue weighted by atomic mass is 10.0. The van der Waals surface area contributed by atoms with Gasteiger partial charge in [-0.25, -0.2) is 9.19 Å². The van der Waals surface area contributed by atoms with Crippen molar-refractivity contribution in [2.24, 2.45) is 0 Å². The first kappa shape index (κ1) is 20.4. The maximum atomic E-state index is 13.0. The molecule has 0 unspecified atom stereocenters. The smallest absolute Gasteiger partial charge is 0.299 e. The van der Waals surface area contributed by atoms with Gasteiger partial charge in [-0.05, 0) is 30.2 Å². The number of aryl methyl sites for hydroxylation is 1. The average molecular weight is 440 g/mol. The summed E-state index contributed by atoms with van der Waals surface area (Å²) in [6.07, 6.45) is 2.17. The normalized spacial score (nSPS) is 11.1. The lowest BCUT2D eigenvalue weighted by molar-refractivity contribution is -0.119. The molecule has 0 saturated heterocycles. The van der Waals surface area contributed by atoms with E-state index in [0.29, 0.717) is 23.3 Å². The third kappa shape index (κ3) is 3.80. The third-order valence-corrected chi connectivity index (χ3v) is 5.21. The summed E-state index contributed by atoms with van der Waals surface area (Å²) in [5.41, 5.74) is 5.92. The van der Waals surface area contributed by atoms with Crippen LogP contribution in [0.4, 0.5) is 0 Å². The number of nitrogens with zero attached hydrogens (tertiary/aromatic N) is 5. The Morgan fingerprint density at radius 3 is 2.45 bits per heavy atom. The number of ether oxygens (including phenoxy) is 1. The summed E-state index contributed by atoms with van der Waals surface area (Å²) in [6, 6.07) is 20.5. The number of amides is 1. The van der Waals surface area contributed by atoms with Crippen molar-refractivity contribution in [3.05, 3.63) is 89.0 Å². The molecule has 9 heteroatoms. The molecule has 3 aromatic heterocycles. The standard InChI is InChI=1S/C24H20N6O3/c1-2-18-21(16-9-5-3-6-10-16)23-26-25-22-19(30(23)27-18)13-14-29(24(22)32)28-20(31)15-33-17-11-7-4-8-12-17/h3-14H,2,15H2,1H3,(H,28,31). The van der Waals surface area contributed by atoms with Crippen LogP contribution in [0.5, 0.6) is 5.75 Å². The van der Waals surface area contributed by atoms with E-state index in [4.69, 9.17) is 4.74 Å². The second-order valence-corrected chi connectivity index (χ2v) is 7.34. The van der Waals surface area contributed by atoms with Gasteiger partial charge in [0.05, 0.1) is 11.3 Å². The molecule has 33 heavy (non-hydrogen) atoms. The minimum absolute atomic E-state index is 0.0963. The number of hydrogen-bond acceptors (Lipinski definition) is 6. The van der Waals surface area contributed by atoms with Gasteiger partial charge in [-0.1, -0.05) is 55.5 Å². The number of nitrogens with one attached hydrogen (secondary N) is 1. The molecule has 9 nitrogen and oxygen atoms in total. The number of benzene rings is 2. The average Bonchev–Trinajstić information content (AvgIpc) is 3.25. The van der Waals surface area contributed by atoms with Crippen LogP contribution in [0.25, 0.3) is 27.8 Å². The van der Waals surface area contributed by atoms with Gasteiger partial charge >= 0.3 is 0 Å². The van der Waals surface area contributed by atoms with Gasteiger partial charge < -0.3 is 4.74 Å². The van der Waals surface area contributed by atoms with Crippen LogP contribution >= 0.6 is 0 Å². The fraction of sp³-hybridized carbons (Fsp3) is 0.125. The zero-order valence-corrected chi connectivity index (χ0v) is 17.8. The monoisotopic (exact) mass is 440 g/mol. The highest BCUT2D eigenvalue weighted by atomic mass is 16.5. The first-order chi connectivity index (χ1) is 16.2. The molecule has 0 aliphatic rings. The van der Waals surface area contributed by atoms with Gasteiger partial charge in [-0.15, -0.1) is 10.2 Å². The molecule has 3 heterocycles. The second-order valence-electron chi connectivity index (χ2n) is 7.34. The second kappa shape index (κ2) is 8.54. The van der Waals surface area contributed by atoms with Crippen molar-refractivity contribution in [2.75, 3.05) is 12.0 Å². The molecule has 0 radical (unpaired) electrons. The number of carbonyl (C=O) groups is 1. The molecule has 0 spiro atoms. The summed E-state index contributed by atoms with van der Waals surface area (Å²) in [4.78, 5) is 25.3. The highest BCUT2D eigenvalue weighted by Crippen LogP contribution is 2.28. The Kier molecular flexibility index (Phi) is 5.27. The Hall–Kier alpha value is -4.53. The van der Waals surface area contributed by atoms with Crippen LogP contribution in [-0.4, -0.2) is 37.0 Å². The Balaban J connectivity index is 1.49. The first-order valence-corrected chi connectivity index (χ1v) is 10.5. The SMILES string of the molecule is CCc1nn2c(nnc3c(=O)n(NC(=O)COc4ccccc4)ccc32)c1-c1ccccc1. The molecule has 1 amide bonds. The lowest BCUT2D eigenvalue weighted by Gasteiger charge is -2.10. The molecule has 164 valence electrons. The number of fused-ring (bicyclic) bond motifs is 3. The summed E-state index contributed by atoms with van der Waals surface area (Å²) in [6.45, 7) is 1.78. The molecule has 0 atom stereocenters. The van der Waals surface area contributed by atoms with Gasteiger partial charge in [-0.3, -0.25) is 15.0 Å². The van der Waals surface area contributed by atoms with Crippen LogP contribution in [0.2, 0.25) is 0 Å². The number of hydrogen-bond donors (Lipinski definition) is 1. The number of rotatable bonds is 6. The van der Waals surface area contributed by atoms with Crippen molar-refractivity contribution in [2.45, 2.75) is 13.3 Å². The summed E-state index contributed by atoms with van der Waals surface area (Å²) >= 11 is 0. The molecular formula is C24H20N6O3. The zero-order chi connectivity index (χ0) is 22.8. The minimum Gasteiger partial charge on any atom is -0.484 e. The van der Waals surface area contributed by atoms with Crippen LogP contribution in [0.15, 0.2) is 77.7 Å². The molecule has 1 N–H and O–H groups in total. The number of para-hydroxylation sites is 1. The number of aromatic nitrogens is 5. The van der Waals surface area contributed by atoms with Gasteiger partial charge in [0.15, 0.2) is 17.8 Å². The van der Waals surface area contributed by atoms with E-state index in [1.165, 1.54) is 6.20 Å². The summed E-state index contributed by atoms with van der Waals surface area (Å²) in [5, 5.41) is 13.2. The van der Waals surface area contributed by atoms with Crippen molar-refractivity contribution in [1.82, 2.24) is 24.5 Å². The van der Waals surface area contributed by atoms with Crippen molar-refractivity contribution < 1.29 is 9.53 Å². The Morgan fingerprint density at radius 1 is 1.00 bits per heavy atom. The van der Waals surface area contributed by atoms with Crippen LogP contribution in [0.1, 0.15) is 12.6 Å². The maximum Gasteiger partial charge on any atom is 0.299 e. The van der Waals surface area contributed by atoms with Gasteiger partial charge in [0, 0.05) is 6.20 Å². The number of carbonyl (C=O) groups excluding carboxylic acids is 1. The topological polar surface area (TPSA) is 103 Å². The van der Waals surface area contributed by atoms with Crippen molar-refractivity contribution in [3.63, 3.8) is 0 Å². The molecule has 0 aliphatic heterocycles. The largest absolute Gasteiger partial charge is 0.484 e. The van der Waals surface area contributed by atoms with E-state index in [1.54, 1.807) is 22.7 Å². The minimum atomic E-state index is -0.509. The van der Waals surface area contributed by atoms with Gasteiger partial charge in [0.25, 0.3) is 11.5 Å². The first-order valence-electron chi connectivity index (χ1n) is 10.5. The van der Waals surface area contributed by atoms with Gasteiger partial charge in [0.1, 0.15) is 11.3 Å². The molecule has 2 aromatic carbocycles. The quantitative estimate of drug-likeness (QED) is 0.436. The predicted molar refractivity (Wildman–Crippen MR) is 124 cm³/mol. The summed E-state index contributed by atoms with van der Waals surface area (Å²) in [7, 11) is 0. The fourth-order valence-corrected chi connectivity index (χ4v) is 3.66. The molecule has 0 fully saturated rings. The molecule has 5 rings (SSSR count). The highest BCUT2D eigenvalue weighted by molar-refractivity contribution is 5.86. The third-order valence-electron chi connectivity index (χ3n) is 5.21. The van der Waals surface area contributed by atoms with Crippen LogP contribution in [-0.2, 0) is 11.2 Å². The van der Waals surface area contributed by atoms with E-state index in [2.05, 4.69) is 20.7 Å². The molecule has 5 aromatic rings. The Labute approximate surface area is 188 Å². The lowest BCUT2D eigenvalue weighted by Crippen LogP contribution is -2.35. The van der Waals surface area contributed by atoms with E-state index >= 15 is 0 Å². The van der Waals surface area contributed by atoms with Gasteiger partial charge in [0.2, 0.25) is 0 Å².